The highest BCUT2D eigenvalue weighted by molar-refractivity contribution is 4.73. The van der Waals surface area contributed by atoms with Gasteiger partial charge in [0.15, 0.2) is 5.21 Å². The number of aromatic nitrogens is 4. The van der Waals surface area contributed by atoms with E-state index < -0.39 is 0 Å². The minimum Gasteiger partial charge on any atom is -0.370 e. The van der Waals surface area contributed by atoms with Crippen molar-refractivity contribution in [3.05, 3.63) is 5.82 Å². The number of nitrogens with zero attached hydrogens (tertiary/aromatic N) is 3. The molecule has 62 valence electrons. The van der Waals surface area contributed by atoms with Crippen molar-refractivity contribution in [2.24, 2.45) is 0 Å². The zero-order valence-electron chi connectivity index (χ0n) is 7.03. The van der Waals surface area contributed by atoms with Crippen molar-refractivity contribution < 1.29 is 9.42 Å². The Hall–Kier alpha value is -0.970. The summed E-state index contributed by atoms with van der Waals surface area (Å²) < 4.78 is 6.94. The molecule has 0 amide bonds. The molecule has 0 aliphatic heterocycles. The maximum Gasteiger partial charge on any atom is 0.329 e. The molecule has 11 heavy (non-hydrogen) atoms. The number of ether oxygens (including phenoxy) is 1. The van der Waals surface area contributed by atoms with Crippen molar-refractivity contribution >= 4 is 0 Å². The van der Waals surface area contributed by atoms with Gasteiger partial charge < -0.3 is 4.74 Å². The van der Waals surface area contributed by atoms with Crippen LogP contribution in [0.5, 0.6) is 0 Å². The van der Waals surface area contributed by atoms with E-state index in [1.165, 1.54) is 0 Å². The van der Waals surface area contributed by atoms with Crippen molar-refractivity contribution in [2.75, 3.05) is 7.11 Å². The first kappa shape index (κ1) is 8.13. The van der Waals surface area contributed by atoms with Gasteiger partial charge in [0.25, 0.3) is 0 Å². The number of aromatic amines is 1. The molecular weight excluding hydrogens is 144 g/mol. The predicted octanol–water partition coefficient (Wildman–Crippen LogP) is -0.181. The summed E-state index contributed by atoms with van der Waals surface area (Å²) in [5.74, 6) is 0.829. The highest BCUT2D eigenvalue weighted by Crippen LogP contribution is 2.05. The monoisotopic (exact) mass is 157 g/mol. The highest BCUT2D eigenvalue weighted by atomic mass is 16.5. The average molecular weight is 157 g/mol. The lowest BCUT2D eigenvalue weighted by atomic mass is 10.4. The van der Waals surface area contributed by atoms with Gasteiger partial charge in [-0.15, -0.1) is 0 Å². The molecule has 0 aromatic carbocycles. The van der Waals surface area contributed by atoms with Crippen molar-refractivity contribution in [1.29, 1.82) is 0 Å². The standard InChI is InChI=1S/C6H12N4O/c1-4-10-6(5(2)11-3)7-8-9-10/h5H,4H2,1-3H3/p+1. The number of H-pyrrole nitrogens is 1. The molecule has 0 fully saturated rings. The second-order valence-electron chi connectivity index (χ2n) is 2.28. The third-order valence-corrected chi connectivity index (χ3v) is 1.63. The smallest absolute Gasteiger partial charge is 0.329 e. The van der Waals surface area contributed by atoms with Crippen molar-refractivity contribution in [2.45, 2.75) is 26.5 Å². The fourth-order valence-electron chi connectivity index (χ4n) is 0.872. The van der Waals surface area contributed by atoms with Crippen molar-refractivity contribution in [3.63, 3.8) is 0 Å². The maximum atomic E-state index is 5.09. The molecule has 1 heterocycles. The van der Waals surface area contributed by atoms with Gasteiger partial charge in [-0.3, -0.25) is 0 Å². The molecule has 5 nitrogen and oxygen atoms in total. The van der Waals surface area contributed by atoms with Gasteiger partial charge >= 0.3 is 5.82 Å². The molecule has 1 N–H and O–H groups in total. The molecule has 1 unspecified atom stereocenters. The second-order valence-corrected chi connectivity index (χ2v) is 2.28. The Morgan fingerprint density at radius 1 is 1.73 bits per heavy atom. The molecule has 5 heteroatoms. The molecule has 1 aromatic heterocycles. The predicted molar refractivity (Wildman–Crippen MR) is 37.7 cm³/mol. The van der Waals surface area contributed by atoms with Crippen molar-refractivity contribution in [1.82, 2.24) is 15.5 Å². The van der Waals surface area contributed by atoms with Crippen LogP contribution in [0.15, 0.2) is 0 Å². The summed E-state index contributed by atoms with van der Waals surface area (Å²) in [5, 5.41) is 10.3. The molecular formula is C6H13N4O+. The minimum atomic E-state index is -0.00583. The molecule has 0 saturated heterocycles. The summed E-state index contributed by atoms with van der Waals surface area (Å²) in [4.78, 5) is 0. The largest absolute Gasteiger partial charge is 0.370 e. The number of hydrogen-bond acceptors (Lipinski definition) is 3. The molecule has 1 aromatic rings. The molecule has 1 rings (SSSR count). The Morgan fingerprint density at radius 3 is 3.00 bits per heavy atom. The number of aryl methyl sites for hydroxylation is 1. The fourth-order valence-corrected chi connectivity index (χ4v) is 0.872. The lowest BCUT2D eigenvalue weighted by Crippen LogP contribution is -2.39. The van der Waals surface area contributed by atoms with Gasteiger partial charge in [0, 0.05) is 7.11 Å². The summed E-state index contributed by atoms with van der Waals surface area (Å²) in [6, 6.07) is 0. The molecule has 0 aliphatic carbocycles. The molecule has 1 atom stereocenters. The number of tetrazole rings is 1. The molecule has 0 bridgehead atoms. The first-order valence-electron chi connectivity index (χ1n) is 3.63. The maximum absolute atomic E-state index is 5.09. The van der Waals surface area contributed by atoms with Gasteiger partial charge in [-0.05, 0) is 13.8 Å². The summed E-state index contributed by atoms with van der Waals surface area (Å²) in [6.07, 6.45) is -0.00583. The van der Waals surface area contributed by atoms with E-state index in [4.69, 9.17) is 4.74 Å². The molecule has 0 radical (unpaired) electrons. The van der Waals surface area contributed by atoms with Crippen LogP contribution in [0, 0.1) is 0 Å². The Morgan fingerprint density at radius 2 is 2.45 bits per heavy atom. The Bertz CT molecular complexity index is 222. The van der Waals surface area contributed by atoms with Crippen LogP contribution in [0.3, 0.4) is 0 Å². The van der Waals surface area contributed by atoms with Crippen LogP contribution in [0.1, 0.15) is 25.8 Å². The third-order valence-electron chi connectivity index (χ3n) is 1.63. The fraction of sp³-hybridized carbons (Fsp3) is 0.833. The van der Waals surface area contributed by atoms with Crippen LogP contribution in [-0.4, -0.2) is 22.6 Å². The third kappa shape index (κ3) is 1.54. The number of nitrogens with one attached hydrogen (secondary N) is 1. The topological polar surface area (TPSA) is 54.7 Å². The number of hydrogen-bond donors (Lipinski definition) is 1. The van der Waals surface area contributed by atoms with Gasteiger partial charge in [-0.2, -0.15) is 4.68 Å². The van der Waals surface area contributed by atoms with Gasteiger partial charge in [-0.25, -0.2) is 0 Å². The minimum absolute atomic E-state index is 0.00583. The van der Waals surface area contributed by atoms with Gasteiger partial charge in [0.1, 0.15) is 11.2 Å². The number of rotatable bonds is 3. The van der Waals surface area contributed by atoms with Crippen LogP contribution in [0.2, 0.25) is 0 Å². The van der Waals surface area contributed by atoms with Gasteiger partial charge in [0.2, 0.25) is 0 Å². The number of methoxy groups -OCH3 is 1. The van der Waals surface area contributed by atoms with Crippen LogP contribution < -0.4 is 4.68 Å². The van der Waals surface area contributed by atoms with Gasteiger partial charge in [0.05, 0.1) is 6.54 Å². The Labute approximate surface area is 65.4 Å². The lowest BCUT2D eigenvalue weighted by molar-refractivity contribution is -0.760. The van der Waals surface area contributed by atoms with E-state index in [1.807, 2.05) is 18.5 Å². The van der Waals surface area contributed by atoms with E-state index in [9.17, 15) is 0 Å². The Kier molecular flexibility index (Phi) is 2.53. The molecule has 0 spiro atoms. The lowest BCUT2D eigenvalue weighted by Gasteiger charge is -2.01. The van der Waals surface area contributed by atoms with E-state index in [0.717, 1.165) is 12.4 Å². The van der Waals surface area contributed by atoms with Crippen LogP contribution in [0.25, 0.3) is 0 Å². The van der Waals surface area contributed by atoms with Crippen LogP contribution >= 0.6 is 0 Å². The summed E-state index contributed by atoms with van der Waals surface area (Å²) in [5.41, 5.74) is 0. The van der Waals surface area contributed by atoms with Crippen LogP contribution in [0.4, 0.5) is 0 Å². The summed E-state index contributed by atoms with van der Waals surface area (Å²) in [6.45, 7) is 4.78. The van der Waals surface area contributed by atoms with Crippen molar-refractivity contribution in [3.8, 4) is 0 Å². The van der Waals surface area contributed by atoms with E-state index in [0.29, 0.717) is 0 Å². The highest BCUT2D eigenvalue weighted by Gasteiger charge is 2.19. The van der Waals surface area contributed by atoms with E-state index in [-0.39, 0.29) is 6.10 Å². The zero-order valence-corrected chi connectivity index (χ0v) is 7.03. The summed E-state index contributed by atoms with van der Waals surface area (Å²) >= 11 is 0. The van der Waals surface area contributed by atoms with Gasteiger partial charge in [-0.1, -0.05) is 5.21 Å². The van der Waals surface area contributed by atoms with E-state index in [1.54, 1.807) is 7.11 Å². The SMILES string of the molecule is CC[n+]1[nH]nnc1C(C)OC. The first-order chi connectivity index (χ1) is 5.29. The van der Waals surface area contributed by atoms with E-state index >= 15 is 0 Å². The molecule has 0 aliphatic rings. The normalized spacial score (nSPS) is 13.4. The van der Waals surface area contributed by atoms with E-state index in [2.05, 4.69) is 15.5 Å². The first-order valence-corrected chi connectivity index (χ1v) is 3.63. The van der Waals surface area contributed by atoms with Crippen LogP contribution in [-0.2, 0) is 11.3 Å². The zero-order chi connectivity index (χ0) is 8.27. The average Bonchev–Trinajstić information content (AvgIpc) is 2.50. The molecule has 0 saturated carbocycles. The second kappa shape index (κ2) is 3.43. The quantitative estimate of drug-likeness (QED) is 0.619. The summed E-state index contributed by atoms with van der Waals surface area (Å²) in [7, 11) is 1.65. The Balaban J connectivity index is 2.83.